The molecule has 0 atom stereocenters. The van der Waals surface area contributed by atoms with E-state index in [2.05, 4.69) is 52.8 Å². The lowest BCUT2D eigenvalue weighted by molar-refractivity contribution is 0.0948. The summed E-state index contributed by atoms with van der Waals surface area (Å²) in [4.78, 5) is 25.0. The Balaban J connectivity index is 2.64. The number of hydrogen-bond donors (Lipinski definition) is 2. The molecule has 0 aromatic carbocycles. The third-order valence-corrected chi connectivity index (χ3v) is 4.97. The number of likely N-dealkylation sites (N-methyl/N-ethyl adjacent to an activating group) is 2. The average molecular weight is 364 g/mol. The van der Waals surface area contributed by atoms with Gasteiger partial charge in [0, 0.05) is 31.5 Å². The molecule has 26 heavy (non-hydrogen) atoms. The number of aliphatic imine (C=N–C) groups is 1. The lowest BCUT2D eigenvalue weighted by Crippen LogP contribution is -2.35. The number of rotatable bonds is 12. The summed E-state index contributed by atoms with van der Waals surface area (Å²) in [6, 6.07) is 0. The Bertz CT molecular complexity index is 571. The molecule has 0 aliphatic heterocycles. The molecule has 148 valence electrons. The second kappa shape index (κ2) is 11.9. The highest BCUT2D eigenvalue weighted by atomic mass is 16.1. The molecule has 1 aromatic heterocycles. The van der Waals surface area contributed by atoms with Gasteiger partial charge in [-0.25, -0.2) is 0 Å². The molecule has 0 spiro atoms. The average Bonchev–Trinajstić information content (AvgIpc) is 2.92. The first kappa shape index (κ1) is 22.4. The number of aromatic nitrogens is 1. The van der Waals surface area contributed by atoms with Gasteiger partial charge < -0.3 is 20.1 Å². The molecule has 1 amide bonds. The zero-order valence-electron chi connectivity index (χ0n) is 17.5. The molecule has 6 heteroatoms. The normalized spacial score (nSPS) is 11.8. The van der Waals surface area contributed by atoms with Crippen molar-refractivity contribution in [2.45, 2.75) is 41.5 Å². The van der Waals surface area contributed by atoms with Crippen molar-refractivity contribution in [2.75, 3.05) is 52.4 Å². The fraction of sp³-hybridized carbons (Fsp3) is 0.700. The molecule has 1 heterocycles. The van der Waals surface area contributed by atoms with Crippen LogP contribution in [-0.4, -0.2) is 79.3 Å². The zero-order valence-corrected chi connectivity index (χ0v) is 17.5. The fourth-order valence-electron chi connectivity index (χ4n) is 3.09. The summed E-state index contributed by atoms with van der Waals surface area (Å²) in [6.07, 6.45) is 1.86. The van der Waals surface area contributed by atoms with E-state index in [1.165, 1.54) is 0 Å². The molecule has 6 nitrogen and oxygen atoms in total. The van der Waals surface area contributed by atoms with Gasteiger partial charge in [0.25, 0.3) is 5.91 Å². The van der Waals surface area contributed by atoms with Gasteiger partial charge in [-0.15, -0.1) is 0 Å². The van der Waals surface area contributed by atoms with Gasteiger partial charge in [0.1, 0.15) is 0 Å². The van der Waals surface area contributed by atoms with E-state index in [9.17, 15) is 4.79 Å². The van der Waals surface area contributed by atoms with Crippen LogP contribution in [0.2, 0.25) is 0 Å². The molecule has 0 bridgehead atoms. The Morgan fingerprint density at radius 2 is 1.62 bits per heavy atom. The second-order valence-electron chi connectivity index (χ2n) is 6.51. The van der Waals surface area contributed by atoms with Crippen molar-refractivity contribution in [3.63, 3.8) is 0 Å². The molecule has 2 N–H and O–H groups in total. The standard InChI is InChI=1S/C20H37N5O/c1-7-24(8-2)13-11-21-15-18-16(5)19(17(6)23-18)20(26)22-12-14-25(9-3)10-4/h15,23H,7-14H2,1-6H3,(H,22,26)/b21-15+. The number of nitrogens with zero attached hydrogens (tertiary/aromatic N) is 3. The van der Waals surface area contributed by atoms with Crippen molar-refractivity contribution < 1.29 is 4.79 Å². The minimum absolute atomic E-state index is 0.00815. The van der Waals surface area contributed by atoms with Crippen molar-refractivity contribution in [2.24, 2.45) is 4.99 Å². The summed E-state index contributed by atoms with van der Waals surface area (Å²) in [5, 5.41) is 3.04. The molecule has 0 aliphatic carbocycles. The number of nitrogens with one attached hydrogen (secondary N) is 2. The summed E-state index contributed by atoms with van der Waals surface area (Å²) in [5.74, 6) is -0.00815. The van der Waals surface area contributed by atoms with Crippen LogP contribution in [0.1, 0.15) is 55.0 Å². The summed E-state index contributed by atoms with van der Waals surface area (Å²) in [5.41, 5.74) is 3.54. The van der Waals surface area contributed by atoms with Crippen LogP contribution in [0.3, 0.4) is 0 Å². The van der Waals surface area contributed by atoms with Crippen LogP contribution < -0.4 is 5.32 Å². The summed E-state index contributed by atoms with van der Waals surface area (Å²) in [6.45, 7) is 19.9. The van der Waals surface area contributed by atoms with Gasteiger partial charge in [0.15, 0.2) is 0 Å². The van der Waals surface area contributed by atoms with Gasteiger partial charge in [-0.3, -0.25) is 9.79 Å². The SMILES string of the molecule is CCN(CC)CC/N=C/c1[nH]c(C)c(C(=O)NCCN(CC)CC)c1C. The molecule has 0 radical (unpaired) electrons. The summed E-state index contributed by atoms with van der Waals surface area (Å²) < 4.78 is 0. The Hall–Kier alpha value is -1.66. The maximum Gasteiger partial charge on any atom is 0.253 e. The van der Waals surface area contributed by atoms with Crippen LogP contribution in [0, 0.1) is 13.8 Å². The van der Waals surface area contributed by atoms with Crippen molar-refractivity contribution in [3.8, 4) is 0 Å². The quantitative estimate of drug-likeness (QED) is 0.561. The third-order valence-electron chi connectivity index (χ3n) is 4.97. The molecule has 0 aliphatic rings. The van der Waals surface area contributed by atoms with E-state index in [-0.39, 0.29) is 5.91 Å². The van der Waals surface area contributed by atoms with E-state index >= 15 is 0 Å². The first-order chi connectivity index (χ1) is 12.5. The number of hydrogen-bond acceptors (Lipinski definition) is 4. The number of aryl methyl sites for hydroxylation is 1. The number of carbonyl (C=O) groups excluding carboxylic acids is 1. The Morgan fingerprint density at radius 3 is 2.19 bits per heavy atom. The van der Waals surface area contributed by atoms with Crippen LogP contribution >= 0.6 is 0 Å². The van der Waals surface area contributed by atoms with E-state index in [1.807, 2.05) is 20.1 Å². The van der Waals surface area contributed by atoms with Crippen LogP contribution in [0.25, 0.3) is 0 Å². The lowest BCUT2D eigenvalue weighted by atomic mass is 10.1. The van der Waals surface area contributed by atoms with Gasteiger partial charge >= 0.3 is 0 Å². The second-order valence-corrected chi connectivity index (χ2v) is 6.51. The first-order valence-electron chi connectivity index (χ1n) is 9.90. The Labute approximate surface area is 159 Å². The summed E-state index contributed by atoms with van der Waals surface area (Å²) >= 11 is 0. The molecule has 0 fully saturated rings. The van der Waals surface area contributed by atoms with Gasteiger partial charge in [0.05, 0.1) is 17.8 Å². The largest absolute Gasteiger partial charge is 0.357 e. The molecule has 1 aromatic rings. The molecular formula is C20H37N5O. The minimum atomic E-state index is -0.00815. The fourth-order valence-corrected chi connectivity index (χ4v) is 3.09. The van der Waals surface area contributed by atoms with Gasteiger partial charge in [-0.2, -0.15) is 0 Å². The van der Waals surface area contributed by atoms with E-state index in [1.54, 1.807) is 0 Å². The highest BCUT2D eigenvalue weighted by Gasteiger charge is 2.17. The Morgan fingerprint density at radius 1 is 1.04 bits per heavy atom. The molecule has 0 saturated carbocycles. The molecule has 1 rings (SSSR count). The van der Waals surface area contributed by atoms with Crippen LogP contribution in [0.15, 0.2) is 4.99 Å². The van der Waals surface area contributed by atoms with Crippen LogP contribution in [0.4, 0.5) is 0 Å². The van der Waals surface area contributed by atoms with E-state index < -0.39 is 0 Å². The number of carbonyl (C=O) groups is 1. The monoisotopic (exact) mass is 363 g/mol. The number of aromatic amines is 1. The highest BCUT2D eigenvalue weighted by Crippen LogP contribution is 2.16. The predicted molar refractivity (Wildman–Crippen MR) is 111 cm³/mol. The van der Waals surface area contributed by atoms with Crippen molar-refractivity contribution >= 4 is 12.1 Å². The van der Waals surface area contributed by atoms with E-state index in [0.29, 0.717) is 6.54 Å². The van der Waals surface area contributed by atoms with Crippen LogP contribution in [-0.2, 0) is 0 Å². The molecule has 0 unspecified atom stereocenters. The van der Waals surface area contributed by atoms with Crippen molar-refractivity contribution in [1.82, 2.24) is 20.1 Å². The van der Waals surface area contributed by atoms with Crippen molar-refractivity contribution in [3.05, 3.63) is 22.5 Å². The molecular weight excluding hydrogens is 326 g/mol. The maximum absolute atomic E-state index is 12.6. The number of amides is 1. The topological polar surface area (TPSA) is 63.7 Å². The zero-order chi connectivity index (χ0) is 19.5. The van der Waals surface area contributed by atoms with E-state index in [4.69, 9.17) is 0 Å². The highest BCUT2D eigenvalue weighted by molar-refractivity contribution is 5.99. The Kier molecular flexibility index (Phi) is 10.2. The lowest BCUT2D eigenvalue weighted by Gasteiger charge is -2.18. The maximum atomic E-state index is 12.6. The van der Waals surface area contributed by atoms with Gasteiger partial charge in [-0.05, 0) is 45.6 Å². The van der Waals surface area contributed by atoms with Crippen LogP contribution in [0.5, 0.6) is 0 Å². The molecule has 0 saturated heterocycles. The smallest absolute Gasteiger partial charge is 0.253 e. The number of H-pyrrole nitrogens is 1. The van der Waals surface area contributed by atoms with Gasteiger partial charge in [0.2, 0.25) is 0 Å². The summed E-state index contributed by atoms with van der Waals surface area (Å²) in [7, 11) is 0. The first-order valence-corrected chi connectivity index (χ1v) is 9.90. The van der Waals surface area contributed by atoms with Crippen molar-refractivity contribution in [1.29, 1.82) is 0 Å². The minimum Gasteiger partial charge on any atom is -0.357 e. The predicted octanol–water partition coefficient (Wildman–Crippen LogP) is 2.46. The third kappa shape index (κ3) is 6.57. The van der Waals surface area contributed by atoms with E-state index in [0.717, 1.165) is 68.3 Å². The van der Waals surface area contributed by atoms with Gasteiger partial charge in [-0.1, -0.05) is 27.7 Å².